The van der Waals surface area contributed by atoms with Crippen molar-refractivity contribution in [2.24, 2.45) is 5.92 Å². The molecule has 3 aromatic heterocycles. The van der Waals surface area contributed by atoms with Crippen molar-refractivity contribution in [3.8, 4) is 0 Å². The van der Waals surface area contributed by atoms with Crippen LogP contribution in [0.3, 0.4) is 0 Å². The van der Waals surface area contributed by atoms with Crippen LogP contribution in [0.2, 0.25) is 0 Å². The van der Waals surface area contributed by atoms with Crippen LogP contribution in [0.1, 0.15) is 71.5 Å². The second-order valence-corrected chi connectivity index (χ2v) is 13.3. The Kier molecular flexibility index (Phi) is 7.37. The molecule has 12 nitrogen and oxygen atoms in total. The zero-order chi connectivity index (χ0) is 29.9. The fourth-order valence-corrected chi connectivity index (χ4v) is 6.49. The Hall–Kier alpha value is -3.32. The summed E-state index contributed by atoms with van der Waals surface area (Å²) >= 11 is 0. The molecule has 42 heavy (non-hydrogen) atoms. The van der Waals surface area contributed by atoms with Crippen LogP contribution in [0.25, 0.3) is 22.2 Å². The molecule has 4 atom stereocenters. The third-order valence-corrected chi connectivity index (χ3v) is 9.06. The fourth-order valence-electron chi connectivity index (χ4n) is 6.49. The highest BCUT2D eigenvalue weighted by atomic mass is 16.6. The number of aliphatic hydroxyl groups is 2. The van der Waals surface area contributed by atoms with Gasteiger partial charge in [-0.1, -0.05) is 26.8 Å². The van der Waals surface area contributed by atoms with Crippen LogP contribution >= 0.6 is 0 Å². The van der Waals surface area contributed by atoms with E-state index in [0.29, 0.717) is 23.2 Å². The van der Waals surface area contributed by atoms with Crippen molar-refractivity contribution in [1.82, 2.24) is 29.4 Å². The lowest BCUT2D eigenvalue weighted by Gasteiger charge is -2.46. The van der Waals surface area contributed by atoms with Gasteiger partial charge in [0.05, 0.1) is 11.0 Å². The number of benzene rings is 1. The number of ether oxygens (including phenoxy) is 1. The van der Waals surface area contributed by atoms with Gasteiger partial charge in [-0.3, -0.25) is 4.90 Å². The van der Waals surface area contributed by atoms with Crippen LogP contribution in [0.4, 0.5) is 5.82 Å². The third kappa shape index (κ3) is 5.21. The van der Waals surface area contributed by atoms with Gasteiger partial charge in [0, 0.05) is 25.0 Å². The molecule has 0 amide bonds. The molecule has 0 bridgehead atoms. The Labute approximate surface area is 245 Å². The van der Waals surface area contributed by atoms with E-state index in [2.05, 4.69) is 72.7 Å². The van der Waals surface area contributed by atoms with E-state index in [1.165, 1.54) is 22.8 Å². The molecule has 0 spiro atoms. The number of aromatic amines is 1. The van der Waals surface area contributed by atoms with E-state index in [1.54, 1.807) is 0 Å². The maximum Gasteiger partial charge on any atom is 0.276 e. The summed E-state index contributed by atoms with van der Waals surface area (Å²) in [6.45, 7) is 11.4. The summed E-state index contributed by atoms with van der Waals surface area (Å²) in [5, 5.41) is 34.3. The molecular weight excluding hydrogens is 536 g/mol. The number of nitrogens with one attached hydrogen (secondary N) is 1. The van der Waals surface area contributed by atoms with Crippen LogP contribution in [-0.2, 0) is 16.6 Å². The second-order valence-electron chi connectivity index (χ2n) is 13.3. The average molecular weight is 579 g/mol. The van der Waals surface area contributed by atoms with Crippen LogP contribution in [0.15, 0.2) is 30.9 Å². The Bertz CT molecular complexity index is 1570. The number of imidazole rings is 2. The van der Waals surface area contributed by atoms with E-state index in [9.17, 15) is 15.4 Å². The van der Waals surface area contributed by atoms with Gasteiger partial charge >= 0.3 is 0 Å². The largest absolute Gasteiger partial charge is 0.710 e. The van der Waals surface area contributed by atoms with E-state index in [-0.39, 0.29) is 28.4 Å². The molecule has 2 aliphatic rings. The number of aryl methyl sites for hydroxylation is 1. The molecule has 6 rings (SSSR count). The first kappa shape index (κ1) is 28.8. The number of hydrogen-bond donors (Lipinski definition) is 4. The number of nitrogen functional groups attached to an aromatic ring is 1. The van der Waals surface area contributed by atoms with Crippen LogP contribution in [0, 0.1) is 11.1 Å². The van der Waals surface area contributed by atoms with E-state index in [1.807, 2.05) is 0 Å². The van der Waals surface area contributed by atoms with Crippen molar-refractivity contribution in [1.29, 1.82) is 0 Å². The van der Waals surface area contributed by atoms with Crippen molar-refractivity contribution >= 4 is 28.0 Å². The third-order valence-electron chi connectivity index (χ3n) is 9.06. The lowest BCUT2D eigenvalue weighted by Crippen LogP contribution is -2.52. The number of rotatable bonds is 8. The topological polar surface area (TPSA) is 165 Å². The van der Waals surface area contributed by atoms with Crippen molar-refractivity contribution < 1.29 is 19.7 Å². The van der Waals surface area contributed by atoms with Crippen LogP contribution in [-0.4, -0.2) is 76.6 Å². The van der Waals surface area contributed by atoms with Crippen molar-refractivity contribution in [2.75, 3.05) is 12.3 Å². The molecule has 1 aliphatic carbocycles. The molecule has 1 saturated heterocycles. The van der Waals surface area contributed by atoms with Crippen molar-refractivity contribution in [2.45, 2.75) is 102 Å². The highest BCUT2D eigenvalue weighted by Crippen LogP contribution is 2.38. The summed E-state index contributed by atoms with van der Waals surface area (Å²) in [6, 6.07) is 7.11. The summed E-state index contributed by atoms with van der Waals surface area (Å²) in [7, 11) is 0. The Balaban J connectivity index is 1.07. The Morgan fingerprint density at radius 1 is 1.21 bits per heavy atom. The summed E-state index contributed by atoms with van der Waals surface area (Å²) in [5.41, 5.74) is 9.70. The van der Waals surface area contributed by atoms with Gasteiger partial charge < -0.3 is 30.9 Å². The molecule has 1 aromatic carbocycles. The molecule has 4 aromatic rings. The molecule has 2 fully saturated rings. The predicted octanol–water partition coefficient (Wildman–Crippen LogP) is 2.56. The van der Waals surface area contributed by atoms with Gasteiger partial charge in [-0.05, 0) is 62.1 Å². The normalized spacial score (nSPS) is 26.6. The zero-order valence-corrected chi connectivity index (χ0v) is 24.9. The average Bonchev–Trinajstić information content (AvgIpc) is 3.55. The lowest BCUT2D eigenvalue weighted by atomic mass is 9.76. The van der Waals surface area contributed by atoms with Gasteiger partial charge in [0.15, 0.2) is 5.82 Å². The number of H-pyrrole nitrogens is 1. The minimum Gasteiger partial charge on any atom is -0.710 e. The van der Waals surface area contributed by atoms with Gasteiger partial charge in [0.1, 0.15) is 30.5 Å². The standard InChI is InChI=1S/C30H42N8O4/c1-16(2)36(13-22-25(39)26(40)29(42-22)37-15-38(41)24-27(31)32-14-33-28(24)37)19-10-17(11-19)6-9-23-34-20-8-7-18(30(3,4)5)12-21(20)35-23/h7-8,12,14-17,19,22,25-26,29,39-40H,6,9-11,13H2,1-5H3,(H,34,35)(H2,31,32,33)/t17-,19+,22-,25-,26-,29-/m1/s1. The summed E-state index contributed by atoms with van der Waals surface area (Å²) in [6.07, 6.45) is 2.65. The Morgan fingerprint density at radius 2 is 1.98 bits per heavy atom. The molecular formula is C30H42N8O4. The maximum atomic E-state index is 12.4. The van der Waals surface area contributed by atoms with Crippen LogP contribution in [0.5, 0.6) is 0 Å². The zero-order valence-electron chi connectivity index (χ0n) is 24.9. The van der Waals surface area contributed by atoms with E-state index < -0.39 is 24.5 Å². The number of hydrogen-bond acceptors (Lipinski definition) is 9. The number of anilines is 1. The number of aromatic nitrogens is 6. The molecule has 226 valence electrons. The number of fused-ring (bicyclic) bond motifs is 2. The second kappa shape index (κ2) is 10.7. The minimum absolute atomic E-state index is 0.0406. The van der Waals surface area contributed by atoms with E-state index >= 15 is 0 Å². The minimum atomic E-state index is -1.23. The summed E-state index contributed by atoms with van der Waals surface area (Å²) in [4.78, 5) is 18.8. The first-order chi connectivity index (χ1) is 19.9. The van der Waals surface area contributed by atoms with Crippen molar-refractivity contribution in [3.05, 3.63) is 47.4 Å². The summed E-state index contributed by atoms with van der Waals surface area (Å²) < 4.78 is 8.16. The predicted molar refractivity (Wildman–Crippen MR) is 158 cm³/mol. The maximum absolute atomic E-state index is 12.4. The Morgan fingerprint density at radius 3 is 2.69 bits per heavy atom. The van der Waals surface area contributed by atoms with Gasteiger partial charge in [0.2, 0.25) is 11.7 Å². The quantitative estimate of drug-likeness (QED) is 0.182. The van der Waals surface area contributed by atoms with E-state index in [4.69, 9.17) is 15.5 Å². The molecule has 4 heterocycles. The highest BCUT2D eigenvalue weighted by Gasteiger charge is 2.49. The van der Waals surface area contributed by atoms with Gasteiger partial charge in [0.25, 0.3) is 12.0 Å². The molecule has 0 unspecified atom stereocenters. The number of nitrogens with two attached hydrogens (primary N) is 1. The number of nitrogens with zero attached hydrogens (tertiary/aromatic N) is 6. The smallest absolute Gasteiger partial charge is 0.276 e. The SMILES string of the molecule is CC(C)N(C[C@H]1O[C@@H](n2c[n+]([O-])c3c(N)ncnc32)[C@H](O)[C@@H]1O)[C@H]1C[C@@H](CCc2nc3cc(C(C)(C)C)ccc3[nH]2)C1. The molecule has 0 radical (unpaired) electrons. The fraction of sp³-hybridized carbons (Fsp3) is 0.600. The van der Waals surface area contributed by atoms with Gasteiger partial charge in [-0.25, -0.2) is 14.7 Å². The summed E-state index contributed by atoms with van der Waals surface area (Å²) in [5.74, 6) is 1.68. The lowest BCUT2D eigenvalue weighted by molar-refractivity contribution is -0.578. The number of aliphatic hydroxyl groups excluding tert-OH is 2. The first-order valence-corrected chi connectivity index (χ1v) is 14.9. The first-order valence-electron chi connectivity index (χ1n) is 14.9. The van der Waals surface area contributed by atoms with E-state index in [0.717, 1.165) is 42.5 Å². The molecule has 12 heteroatoms. The molecule has 5 N–H and O–H groups in total. The van der Waals surface area contributed by atoms with Gasteiger partial charge in [-0.15, -0.1) is 0 Å². The molecule has 1 aliphatic heterocycles. The van der Waals surface area contributed by atoms with Gasteiger partial charge in [-0.2, -0.15) is 9.55 Å². The monoisotopic (exact) mass is 578 g/mol. The highest BCUT2D eigenvalue weighted by molar-refractivity contribution is 5.78. The van der Waals surface area contributed by atoms with Crippen molar-refractivity contribution in [3.63, 3.8) is 0 Å². The van der Waals surface area contributed by atoms with Crippen LogP contribution < -0.4 is 10.5 Å². The molecule has 1 saturated carbocycles.